The summed E-state index contributed by atoms with van der Waals surface area (Å²) in [6, 6.07) is 9.59. The number of benzene rings is 1. The number of amides is 2. The van der Waals surface area contributed by atoms with Crippen molar-refractivity contribution >= 4 is 11.8 Å². The molecular weight excluding hydrogens is 344 g/mol. The molecule has 27 heavy (non-hydrogen) atoms. The van der Waals surface area contributed by atoms with Crippen LogP contribution in [0.5, 0.6) is 5.75 Å². The first kappa shape index (κ1) is 18.8. The zero-order valence-corrected chi connectivity index (χ0v) is 15.4. The first-order valence-electron chi connectivity index (χ1n) is 9.09. The maximum atomic E-state index is 12.5. The van der Waals surface area contributed by atoms with E-state index in [0.717, 1.165) is 23.4 Å². The van der Waals surface area contributed by atoms with Gasteiger partial charge in [0.05, 0.1) is 25.3 Å². The molecule has 7 nitrogen and oxygen atoms in total. The molecule has 142 valence electrons. The van der Waals surface area contributed by atoms with Crippen LogP contribution >= 0.6 is 0 Å². The number of hydrogen-bond donors (Lipinski definition) is 1. The van der Waals surface area contributed by atoms with Crippen molar-refractivity contribution in [1.29, 1.82) is 0 Å². The lowest BCUT2D eigenvalue weighted by Crippen LogP contribution is -2.46. The van der Waals surface area contributed by atoms with Crippen LogP contribution in [0.2, 0.25) is 0 Å². The van der Waals surface area contributed by atoms with Gasteiger partial charge in [-0.2, -0.15) is 0 Å². The van der Waals surface area contributed by atoms with Gasteiger partial charge in [-0.1, -0.05) is 12.1 Å². The van der Waals surface area contributed by atoms with Crippen LogP contribution < -0.4 is 10.1 Å². The molecule has 1 saturated heterocycles. The van der Waals surface area contributed by atoms with Gasteiger partial charge in [-0.05, 0) is 36.6 Å². The van der Waals surface area contributed by atoms with Crippen LogP contribution in [0, 0.1) is 5.92 Å². The maximum absolute atomic E-state index is 12.5. The Balaban J connectivity index is 1.50. The molecule has 2 aromatic rings. The molecule has 1 aliphatic heterocycles. The summed E-state index contributed by atoms with van der Waals surface area (Å²) in [4.78, 5) is 34.4. The van der Waals surface area contributed by atoms with Crippen LogP contribution in [0.25, 0.3) is 0 Å². The van der Waals surface area contributed by atoms with Crippen molar-refractivity contribution in [3.63, 3.8) is 0 Å². The molecule has 1 fully saturated rings. The van der Waals surface area contributed by atoms with Crippen molar-refractivity contribution in [3.05, 3.63) is 54.1 Å². The summed E-state index contributed by atoms with van der Waals surface area (Å²) in [5.74, 6) is 0.715. The molecule has 1 aromatic carbocycles. The second-order valence-corrected chi connectivity index (χ2v) is 6.59. The Kier molecular flexibility index (Phi) is 6.35. The number of rotatable bonds is 7. The summed E-state index contributed by atoms with van der Waals surface area (Å²) in [5, 5.41) is 2.91. The molecule has 1 aromatic heterocycles. The molecular formula is C20H24N4O3. The number of methoxy groups -OCH3 is 1. The Hall–Kier alpha value is -2.96. The number of hydrogen-bond acceptors (Lipinski definition) is 5. The molecule has 2 amide bonds. The number of carbonyl (C=O) groups is 2. The third kappa shape index (κ3) is 5.26. The molecule has 1 unspecified atom stereocenters. The largest absolute Gasteiger partial charge is 0.497 e. The SMILES string of the molecule is COc1ccc(CCN2CC(C(=O)NCc3ccncn3)CCC2=O)cc1. The van der Waals surface area contributed by atoms with Crippen molar-refractivity contribution in [3.8, 4) is 5.75 Å². The van der Waals surface area contributed by atoms with Gasteiger partial charge >= 0.3 is 0 Å². The maximum Gasteiger partial charge on any atom is 0.225 e. The zero-order valence-electron chi connectivity index (χ0n) is 15.4. The topological polar surface area (TPSA) is 84.4 Å². The molecule has 7 heteroatoms. The third-order valence-corrected chi connectivity index (χ3v) is 4.79. The van der Waals surface area contributed by atoms with Crippen LogP contribution in [-0.2, 0) is 22.6 Å². The highest BCUT2D eigenvalue weighted by Crippen LogP contribution is 2.19. The molecule has 3 rings (SSSR count). The second-order valence-electron chi connectivity index (χ2n) is 6.59. The minimum Gasteiger partial charge on any atom is -0.497 e. The van der Waals surface area contributed by atoms with E-state index in [0.29, 0.717) is 32.5 Å². The zero-order chi connectivity index (χ0) is 19.1. The average molecular weight is 368 g/mol. The minimum absolute atomic E-state index is 0.0319. The number of aromatic nitrogens is 2. The molecule has 1 atom stereocenters. The first-order valence-corrected chi connectivity index (χ1v) is 9.09. The van der Waals surface area contributed by atoms with Gasteiger partial charge in [0.1, 0.15) is 12.1 Å². The van der Waals surface area contributed by atoms with E-state index in [4.69, 9.17) is 4.74 Å². The van der Waals surface area contributed by atoms with Crippen molar-refractivity contribution < 1.29 is 14.3 Å². The van der Waals surface area contributed by atoms with E-state index in [1.807, 2.05) is 24.3 Å². The van der Waals surface area contributed by atoms with Crippen molar-refractivity contribution in [2.75, 3.05) is 20.2 Å². The minimum atomic E-state index is -0.180. The van der Waals surface area contributed by atoms with E-state index in [-0.39, 0.29) is 17.7 Å². The normalized spacial score (nSPS) is 16.9. The van der Waals surface area contributed by atoms with Gasteiger partial charge in [-0.25, -0.2) is 9.97 Å². The van der Waals surface area contributed by atoms with Crippen molar-refractivity contribution in [1.82, 2.24) is 20.2 Å². The van der Waals surface area contributed by atoms with E-state index < -0.39 is 0 Å². The number of piperidine rings is 1. The van der Waals surface area contributed by atoms with Crippen LogP contribution in [0.3, 0.4) is 0 Å². The highest BCUT2D eigenvalue weighted by molar-refractivity contribution is 5.83. The van der Waals surface area contributed by atoms with E-state index in [1.54, 1.807) is 24.3 Å². The number of likely N-dealkylation sites (tertiary alicyclic amines) is 1. The standard InChI is InChI=1S/C20H24N4O3/c1-27-18-5-2-15(3-6-18)9-11-24-13-16(4-7-19(24)25)20(26)22-12-17-8-10-21-14-23-17/h2-3,5-6,8,10,14,16H,4,7,9,11-13H2,1H3,(H,22,26). The van der Waals surface area contributed by atoms with Crippen LogP contribution in [-0.4, -0.2) is 46.9 Å². The van der Waals surface area contributed by atoms with E-state index >= 15 is 0 Å². The number of ether oxygens (including phenoxy) is 1. The van der Waals surface area contributed by atoms with E-state index in [2.05, 4.69) is 15.3 Å². The number of nitrogens with zero attached hydrogens (tertiary/aromatic N) is 3. The van der Waals surface area contributed by atoms with Gasteiger partial charge in [0.15, 0.2) is 0 Å². The lowest BCUT2D eigenvalue weighted by molar-refractivity contribution is -0.138. The third-order valence-electron chi connectivity index (χ3n) is 4.79. The monoisotopic (exact) mass is 368 g/mol. The summed E-state index contributed by atoms with van der Waals surface area (Å²) >= 11 is 0. The Labute approximate surface area is 158 Å². The molecule has 2 heterocycles. The summed E-state index contributed by atoms with van der Waals surface area (Å²) in [7, 11) is 1.64. The molecule has 1 aliphatic rings. The van der Waals surface area contributed by atoms with Crippen LogP contribution in [0.4, 0.5) is 0 Å². The first-order chi connectivity index (χ1) is 13.2. The predicted molar refractivity (Wildman–Crippen MR) is 99.9 cm³/mol. The number of carbonyl (C=O) groups excluding carboxylic acids is 2. The van der Waals surface area contributed by atoms with Crippen LogP contribution in [0.1, 0.15) is 24.1 Å². The molecule has 0 saturated carbocycles. The predicted octanol–water partition coefficient (Wildman–Crippen LogP) is 1.58. The summed E-state index contributed by atoms with van der Waals surface area (Å²) < 4.78 is 5.16. The van der Waals surface area contributed by atoms with E-state index in [1.165, 1.54) is 6.33 Å². The van der Waals surface area contributed by atoms with Crippen molar-refractivity contribution in [2.24, 2.45) is 5.92 Å². The fourth-order valence-electron chi connectivity index (χ4n) is 3.15. The van der Waals surface area contributed by atoms with Gasteiger partial charge in [0.25, 0.3) is 0 Å². The van der Waals surface area contributed by atoms with Gasteiger partial charge in [-0.15, -0.1) is 0 Å². The Bertz CT molecular complexity index is 765. The Morgan fingerprint density at radius 1 is 1.30 bits per heavy atom. The molecule has 0 aliphatic carbocycles. The van der Waals surface area contributed by atoms with Crippen LogP contribution in [0.15, 0.2) is 42.9 Å². The summed E-state index contributed by atoms with van der Waals surface area (Å²) in [6.45, 7) is 1.45. The fraction of sp³-hybridized carbons (Fsp3) is 0.400. The van der Waals surface area contributed by atoms with Gasteiger partial charge in [-0.3, -0.25) is 9.59 Å². The van der Waals surface area contributed by atoms with Crippen molar-refractivity contribution in [2.45, 2.75) is 25.8 Å². The average Bonchev–Trinajstić information content (AvgIpc) is 2.72. The highest BCUT2D eigenvalue weighted by Gasteiger charge is 2.29. The quantitative estimate of drug-likeness (QED) is 0.802. The summed E-state index contributed by atoms with van der Waals surface area (Å²) in [5.41, 5.74) is 1.90. The molecule has 0 spiro atoms. The lowest BCUT2D eigenvalue weighted by atomic mass is 9.96. The second kappa shape index (κ2) is 9.12. The highest BCUT2D eigenvalue weighted by atomic mass is 16.5. The smallest absolute Gasteiger partial charge is 0.225 e. The molecule has 0 bridgehead atoms. The molecule has 1 N–H and O–H groups in total. The van der Waals surface area contributed by atoms with E-state index in [9.17, 15) is 9.59 Å². The Morgan fingerprint density at radius 3 is 2.81 bits per heavy atom. The van der Waals surface area contributed by atoms with Gasteiger partial charge in [0, 0.05) is 25.7 Å². The fourth-order valence-corrected chi connectivity index (χ4v) is 3.15. The number of nitrogens with one attached hydrogen (secondary N) is 1. The molecule has 0 radical (unpaired) electrons. The van der Waals surface area contributed by atoms with Gasteiger partial charge < -0.3 is 15.0 Å². The van der Waals surface area contributed by atoms with Gasteiger partial charge in [0.2, 0.25) is 11.8 Å². The summed E-state index contributed by atoms with van der Waals surface area (Å²) in [6.07, 6.45) is 4.86. The Morgan fingerprint density at radius 2 is 2.11 bits per heavy atom. The lowest BCUT2D eigenvalue weighted by Gasteiger charge is -2.32.